The van der Waals surface area contributed by atoms with Gasteiger partial charge in [0.25, 0.3) is 0 Å². The third-order valence-electron chi connectivity index (χ3n) is 3.63. The molecule has 120 valence electrons. The Kier molecular flexibility index (Phi) is 4.24. The fraction of sp³-hybridized carbons (Fsp3) is 0.333. The van der Waals surface area contributed by atoms with E-state index in [-0.39, 0.29) is 11.9 Å². The molecule has 1 fully saturated rings. The molecular weight excluding hydrogens is 316 g/mol. The average Bonchev–Trinajstić information content (AvgIpc) is 3.14. The lowest BCUT2D eigenvalue weighted by Gasteiger charge is -2.17. The number of aryl methyl sites for hydroxylation is 1. The van der Waals surface area contributed by atoms with Crippen LogP contribution in [-0.2, 0) is 9.53 Å². The van der Waals surface area contributed by atoms with Crippen LogP contribution in [0.25, 0.3) is 0 Å². The van der Waals surface area contributed by atoms with Crippen LogP contribution < -0.4 is 10.2 Å². The van der Waals surface area contributed by atoms with Crippen molar-refractivity contribution in [3.8, 4) is 0 Å². The molecule has 0 spiro atoms. The maximum absolute atomic E-state index is 12.6. The van der Waals surface area contributed by atoms with Crippen molar-refractivity contribution in [2.45, 2.75) is 19.4 Å². The molecule has 1 atom stereocenters. The van der Waals surface area contributed by atoms with Gasteiger partial charge in [-0.3, -0.25) is 4.79 Å². The molecule has 23 heavy (non-hydrogen) atoms. The van der Waals surface area contributed by atoms with E-state index in [1.54, 1.807) is 22.4 Å². The van der Waals surface area contributed by atoms with Crippen molar-refractivity contribution < 1.29 is 14.3 Å². The minimum Gasteiger partial charge on any atom is -0.465 e. The van der Waals surface area contributed by atoms with Gasteiger partial charge in [-0.2, -0.15) is 0 Å². The number of hydrogen-bond donors (Lipinski definition) is 1. The summed E-state index contributed by atoms with van der Waals surface area (Å²) < 4.78 is 4.76. The molecule has 8 heteroatoms. The van der Waals surface area contributed by atoms with Gasteiger partial charge < -0.3 is 15.0 Å². The summed E-state index contributed by atoms with van der Waals surface area (Å²) in [6, 6.07) is 3.10. The summed E-state index contributed by atoms with van der Waals surface area (Å²) in [5, 5.41) is 5.54. The lowest BCUT2D eigenvalue weighted by atomic mass is 10.2. The minimum atomic E-state index is -0.433. The van der Waals surface area contributed by atoms with E-state index in [1.165, 1.54) is 24.8 Å². The second-order valence-electron chi connectivity index (χ2n) is 5.15. The summed E-state index contributed by atoms with van der Waals surface area (Å²) in [6.45, 7) is 2.41. The van der Waals surface area contributed by atoms with Gasteiger partial charge in [-0.1, -0.05) is 0 Å². The Labute approximate surface area is 137 Å². The van der Waals surface area contributed by atoms with Gasteiger partial charge in [-0.05, 0) is 24.8 Å². The highest BCUT2D eigenvalue weighted by molar-refractivity contribution is 7.14. The zero-order valence-corrected chi connectivity index (χ0v) is 13.6. The topological polar surface area (TPSA) is 84.4 Å². The molecular formula is C15H16N4O3S. The molecule has 7 nitrogen and oxygen atoms in total. The SMILES string of the molecule is COC(=O)c1ccsc1N1CCC(Nc2cc(C)ncn2)C1=O. The predicted octanol–water partition coefficient (Wildman–Crippen LogP) is 1.85. The normalized spacial score (nSPS) is 17.4. The molecule has 2 aromatic heterocycles. The van der Waals surface area contributed by atoms with Gasteiger partial charge >= 0.3 is 5.97 Å². The van der Waals surface area contributed by atoms with Gasteiger partial charge in [0.2, 0.25) is 5.91 Å². The number of esters is 1. The standard InChI is InChI=1S/C15H16N4O3S/c1-9-7-12(17-8-16-9)18-11-3-5-19(13(11)20)14-10(4-6-23-14)15(21)22-2/h4,6-8,11H,3,5H2,1-2H3,(H,16,17,18). The van der Waals surface area contributed by atoms with E-state index in [0.29, 0.717) is 29.3 Å². The summed E-state index contributed by atoms with van der Waals surface area (Å²) in [4.78, 5) is 34.2. The number of thiophene rings is 1. The van der Waals surface area contributed by atoms with Crippen molar-refractivity contribution in [3.63, 3.8) is 0 Å². The van der Waals surface area contributed by atoms with Crippen LogP contribution >= 0.6 is 11.3 Å². The Morgan fingerprint density at radius 3 is 3.04 bits per heavy atom. The summed E-state index contributed by atoms with van der Waals surface area (Å²) in [6.07, 6.45) is 2.10. The molecule has 1 saturated heterocycles. The molecule has 1 amide bonds. The Morgan fingerprint density at radius 2 is 2.30 bits per heavy atom. The summed E-state index contributed by atoms with van der Waals surface area (Å²) >= 11 is 1.36. The Bertz CT molecular complexity index is 746. The number of methoxy groups -OCH3 is 1. The lowest BCUT2D eigenvalue weighted by molar-refractivity contribution is -0.117. The maximum atomic E-state index is 12.6. The van der Waals surface area contributed by atoms with E-state index < -0.39 is 5.97 Å². The van der Waals surface area contributed by atoms with Crippen LogP contribution in [0, 0.1) is 6.92 Å². The smallest absolute Gasteiger partial charge is 0.340 e. The number of anilines is 2. The average molecular weight is 332 g/mol. The Hall–Kier alpha value is -2.48. The summed E-state index contributed by atoms with van der Waals surface area (Å²) in [7, 11) is 1.33. The molecule has 3 heterocycles. The molecule has 0 aliphatic carbocycles. The van der Waals surface area contributed by atoms with Gasteiger partial charge in [0.05, 0.1) is 12.7 Å². The number of hydrogen-bond acceptors (Lipinski definition) is 7. The zero-order chi connectivity index (χ0) is 16.4. The number of carbonyl (C=O) groups is 2. The first-order chi connectivity index (χ1) is 11.1. The number of carbonyl (C=O) groups excluding carboxylic acids is 2. The van der Waals surface area contributed by atoms with Crippen molar-refractivity contribution in [1.82, 2.24) is 9.97 Å². The number of ether oxygens (including phenoxy) is 1. The van der Waals surface area contributed by atoms with E-state index in [4.69, 9.17) is 4.74 Å². The predicted molar refractivity (Wildman–Crippen MR) is 86.8 cm³/mol. The van der Waals surface area contributed by atoms with E-state index in [2.05, 4.69) is 15.3 Å². The number of rotatable bonds is 4. The van der Waals surface area contributed by atoms with Crippen molar-refractivity contribution in [2.24, 2.45) is 0 Å². The largest absolute Gasteiger partial charge is 0.465 e. The second kappa shape index (κ2) is 6.33. The van der Waals surface area contributed by atoms with Crippen molar-refractivity contribution in [1.29, 1.82) is 0 Å². The van der Waals surface area contributed by atoms with Crippen molar-refractivity contribution in [2.75, 3.05) is 23.9 Å². The molecule has 0 radical (unpaired) electrons. The van der Waals surface area contributed by atoms with E-state index in [9.17, 15) is 9.59 Å². The molecule has 0 saturated carbocycles. The first-order valence-corrected chi connectivity index (χ1v) is 8.00. The van der Waals surface area contributed by atoms with Crippen LogP contribution in [0.4, 0.5) is 10.8 Å². The Morgan fingerprint density at radius 1 is 1.48 bits per heavy atom. The van der Waals surface area contributed by atoms with E-state index in [0.717, 1.165) is 5.69 Å². The highest BCUT2D eigenvalue weighted by atomic mass is 32.1. The maximum Gasteiger partial charge on any atom is 0.340 e. The van der Waals surface area contributed by atoms with Gasteiger partial charge in [0.15, 0.2) is 0 Å². The van der Waals surface area contributed by atoms with Crippen LogP contribution in [-0.4, -0.2) is 41.5 Å². The second-order valence-corrected chi connectivity index (χ2v) is 6.05. The molecule has 2 aromatic rings. The van der Waals surface area contributed by atoms with Gasteiger partial charge in [0.1, 0.15) is 23.2 Å². The lowest BCUT2D eigenvalue weighted by Crippen LogP contribution is -2.34. The fourth-order valence-electron chi connectivity index (χ4n) is 2.50. The van der Waals surface area contributed by atoms with Crippen LogP contribution in [0.3, 0.4) is 0 Å². The van der Waals surface area contributed by atoms with Crippen molar-refractivity contribution >= 4 is 34.0 Å². The number of amides is 1. The molecule has 0 aromatic carbocycles. The minimum absolute atomic E-state index is 0.0751. The highest BCUT2D eigenvalue weighted by Gasteiger charge is 2.35. The first kappa shape index (κ1) is 15.4. The molecule has 1 unspecified atom stereocenters. The highest BCUT2D eigenvalue weighted by Crippen LogP contribution is 2.32. The van der Waals surface area contributed by atoms with Gasteiger partial charge in [-0.25, -0.2) is 14.8 Å². The Balaban J connectivity index is 1.77. The molecule has 0 bridgehead atoms. The third kappa shape index (κ3) is 3.02. The summed E-state index contributed by atoms with van der Waals surface area (Å²) in [5.74, 6) is 0.114. The monoisotopic (exact) mass is 332 g/mol. The number of nitrogens with one attached hydrogen (secondary N) is 1. The molecule has 1 aliphatic rings. The van der Waals surface area contributed by atoms with Crippen LogP contribution in [0.15, 0.2) is 23.8 Å². The van der Waals surface area contributed by atoms with Gasteiger partial charge in [-0.15, -0.1) is 11.3 Å². The zero-order valence-electron chi connectivity index (χ0n) is 12.8. The number of nitrogens with zero attached hydrogens (tertiary/aromatic N) is 3. The van der Waals surface area contributed by atoms with Crippen LogP contribution in [0.2, 0.25) is 0 Å². The molecule has 1 aliphatic heterocycles. The first-order valence-electron chi connectivity index (χ1n) is 7.12. The molecule has 1 N–H and O–H groups in total. The van der Waals surface area contributed by atoms with E-state index >= 15 is 0 Å². The van der Waals surface area contributed by atoms with Gasteiger partial charge in [0, 0.05) is 18.3 Å². The van der Waals surface area contributed by atoms with Crippen LogP contribution in [0.1, 0.15) is 22.5 Å². The van der Waals surface area contributed by atoms with Crippen LogP contribution in [0.5, 0.6) is 0 Å². The molecule has 3 rings (SSSR count). The quantitative estimate of drug-likeness (QED) is 0.860. The fourth-order valence-corrected chi connectivity index (χ4v) is 3.42. The van der Waals surface area contributed by atoms with Crippen molar-refractivity contribution in [3.05, 3.63) is 35.1 Å². The summed E-state index contributed by atoms with van der Waals surface area (Å²) in [5.41, 5.74) is 1.25. The third-order valence-corrected chi connectivity index (χ3v) is 4.56. The number of aromatic nitrogens is 2. The van der Waals surface area contributed by atoms with E-state index in [1.807, 2.05) is 6.92 Å².